The number of hydrogen-bond donors (Lipinski definition) is 2. The zero-order chi connectivity index (χ0) is 13.6. The van der Waals surface area contributed by atoms with Crippen LogP contribution in [0.25, 0.3) is 0 Å². The molecule has 18 heavy (non-hydrogen) atoms. The average Bonchev–Trinajstić information content (AvgIpc) is 2.76. The number of nitrogens with one attached hydrogen (secondary N) is 1. The van der Waals surface area contributed by atoms with E-state index in [1.54, 1.807) is 7.11 Å². The summed E-state index contributed by atoms with van der Waals surface area (Å²) < 4.78 is 4.89. The second-order valence-electron chi connectivity index (χ2n) is 5.27. The summed E-state index contributed by atoms with van der Waals surface area (Å²) in [6.07, 6.45) is 4.83. The van der Waals surface area contributed by atoms with Crippen molar-refractivity contribution >= 4 is 11.9 Å². The van der Waals surface area contributed by atoms with E-state index in [2.05, 4.69) is 5.32 Å². The van der Waals surface area contributed by atoms with E-state index in [0.717, 1.165) is 25.7 Å². The minimum Gasteiger partial charge on any atom is -0.480 e. The number of rotatable bonds is 7. The normalized spacial score (nSPS) is 19.4. The standard InChI is InChI=1S/C13H23NO4/c1-13(7-3-4-8-13)12(17)14-10(11(15)16)6-5-9-18-2/h10H,3-9H2,1-2H3,(H,14,17)(H,15,16). The number of carbonyl (C=O) groups excluding carboxylic acids is 1. The highest BCUT2D eigenvalue weighted by Crippen LogP contribution is 2.37. The summed E-state index contributed by atoms with van der Waals surface area (Å²) in [7, 11) is 1.58. The van der Waals surface area contributed by atoms with Gasteiger partial charge in [0.25, 0.3) is 0 Å². The van der Waals surface area contributed by atoms with Crippen molar-refractivity contribution in [3.8, 4) is 0 Å². The van der Waals surface area contributed by atoms with Crippen molar-refractivity contribution in [2.45, 2.75) is 51.5 Å². The van der Waals surface area contributed by atoms with Gasteiger partial charge in [0, 0.05) is 19.1 Å². The molecule has 1 aliphatic rings. The monoisotopic (exact) mass is 257 g/mol. The molecule has 0 aromatic rings. The first-order valence-electron chi connectivity index (χ1n) is 6.52. The molecule has 2 N–H and O–H groups in total. The molecule has 0 aromatic heterocycles. The van der Waals surface area contributed by atoms with Crippen molar-refractivity contribution in [1.29, 1.82) is 0 Å². The Morgan fingerprint density at radius 2 is 2.00 bits per heavy atom. The van der Waals surface area contributed by atoms with Gasteiger partial charge in [0.2, 0.25) is 5.91 Å². The van der Waals surface area contributed by atoms with Gasteiger partial charge in [-0.25, -0.2) is 4.79 Å². The Kier molecular flexibility index (Phi) is 5.59. The van der Waals surface area contributed by atoms with Crippen molar-refractivity contribution in [2.24, 2.45) is 5.41 Å². The molecule has 5 nitrogen and oxygen atoms in total. The van der Waals surface area contributed by atoms with Crippen LogP contribution in [-0.4, -0.2) is 36.7 Å². The number of methoxy groups -OCH3 is 1. The van der Waals surface area contributed by atoms with Crippen molar-refractivity contribution in [3.05, 3.63) is 0 Å². The summed E-state index contributed by atoms with van der Waals surface area (Å²) in [4.78, 5) is 23.2. The number of hydrogen-bond acceptors (Lipinski definition) is 3. The number of aliphatic carboxylic acids is 1. The molecule has 0 aromatic carbocycles. The zero-order valence-corrected chi connectivity index (χ0v) is 11.2. The lowest BCUT2D eigenvalue weighted by Crippen LogP contribution is -2.46. The van der Waals surface area contributed by atoms with Gasteiger partial charge in [-0.3, -0.25) is 4.79 Å². The highest BCUT2D eigenvalue weighted by atomic mass is 16.5. The number of carbonyl (C=O) groups is 2. The van der Waals surface area contributed by atoms with Gasteiger partial charge in [-0.1, -0.05) is 19.8 Å². The summed E-state index contributed by atoms with van der Waals surface area (Å²) >= 11 is 0. The number of carboxylic acids is 1. The van der Waals surface area contributed by atoms with Crippen molar-refractivity contribution in [3.63, 3.8) is 0 Å². The smallest absolute Gasteiger partial charge is 0.326 e. The van der Waals surface area contributed by atoms with E-state index in [-0.39, 0.29) is 11.3 Å². The molecule has 1 saturated carbocycles. The Morgan fingerprint density at radius 3 is 2.50 bits per heavy atom. The van der Waals surface area contributed by atoms with Crippen LogP contribution >= 0.6 is 0 Å². The lowest BCUT2D eigenvalue weighted by atomic mass is 9.87. The quantitative estimate of drug-likeness (QED) is 0.679. The molecule has 1 rings (SSSR count). The maximum atomic E-state index is 12.1. The molecule has 1 unspecified atom stereocenters. The SMILES string of the molecule is COCCCC(NC(=O)C1(C)CCCC1)C(=O)O. The van der Waals surface area contributed by atoms with E-state index in [4.69, 9.17) is 9.84 Å². The first kappa shape index (κ1) is 15.0. The van der Waals surface area contributed by atoms with E-state index < -0.39 is 12.0 Å². The lowest BCUT2D eigenvalue weighted by Gasteiger charge is -2.25. The van der Waals surface area contributed by atoms with Gasteiger partial charge in [-0.2, -0.15) is 0 Å². The first-order chi connectivity index (χ1) is 8.49. The molecule has 1 atom stereocenters. The zero-order valence-electron chi connectivity index (χ0n) is 11.2. The predicted molar refractivity (Wildman–Crippen MR) is 67.3 cm³/mol. The molecule has 5 heteroatoms. The van der Waals surface area contributed by atoms with Crippen LogP contribution in [0, 0.1) is 5.41 Å². The van der Waals surface area contributed by atoms with Gasteiger partial charge in [-0.15, -0.1) is 0 Å². The second kappa shape index (κ2) is 6.73. The van der Waals surface area contributed by atoms with E-state index >= 15 is 0 Å². The maximum absolute atomic E-state index is 12.1. The van der Waals surface area contributed by atoms with Crippen LogP contribution in [0.2, 0.25) is 0 Å². The van der Waals surface area contributed by atoms with E-state index in [9.17, 15) is 9.59 Å². The highest BCUT2D eigenvalue weighted by molar-refractivity contribution is 5.87. The molecule has 0 saturated heterocycles. The number of ether oxygens (including phenoxy) is 1. The third-order valence-electron chi connectivity index (χ3n) is 3.70. The van der Waals surface area contributed by atoms with Gasteiger partial charge in [0.1, 0.15) is 6.04 Å². The van der Waals surface area contributed by atoms with Gasteiger partial charge >= 0.3 is 5.97 Å². The molecular weight excluding hydrogens is 234 g/mol. The fourth-order valence-corrected chi connectivity index (χ4v) is 2.40. The van der Waals surface area contributed by atoms with Gasteiger partial charge in [0.15, 0.2) is 0 Å². The van der Waals surface area contributed by atoms with E-state index in [1.807, 2.05) is 6.92 Å². The summed E-state index contributed by atoms with van der Waals surface area (Å²) in [6.45, 7) is 2.43. The summed E-state index contributed by atoms with van der Waals surface area (Å²) in [6, 6.07) is -0.801. The minimum absolute atomic E-state index is 0.121. The van der Waals surface area contributed by atoms with Crippen LogP contribution in [0.1, 0.15) is 45.4 Å². The summed E-state index contributed by atoms with van der Waals surface area (Å²) in [5.74, 6) is -1.09. The minimum atomic E-state index is -0.971. The molecular formula is C13H23NO4. The molecule has 0 radical (unpaired) electrons. The number of amides is 1. The topological polar surface area (TPSA) is 75.6 Å². The molecule has 0 spiro atoms. The molecule has 1 fully saturated rings. The van der Waals surface area contributed by atoms with Crippen LogP contribution in [-0.2, 0) is 14.3 Å². The van der Waals surface area contributed by atoms with Crippen molar-refractivity contribution in [1.82, 2.24) is 5.32 Å². The molecule has 0 aliphatic heterocycles. The first-order valence-corrected chi connectivity index (χ1v) is 6.52. The van der Waals surface area contributed by atoms with Gasteiger partial charge in [0.05, 0.1) is 0 Å². The fourth-order valence-electron chi connectivity index (χ4n) is 2.40. The average molecular weight is 257 g/mol. The molecule has 1 aliphatic carbocycles. The van der Waals surface area contributed by atoms with Gasteiger partial charge < -0.3 is 15.2 Å². The molecule has 0 heterocycles. The summed E-state index contributed by atoms with van der Waals surface area (Å²) in [5.41, 5.74) is -0.380. The maximum Gasteiger partial charge on any atom is 0.326 e. The van der Waals surface area contributed by atoms with E-state index in [1.165, 1.54) is 0 Å². The Balaban J connectivity index is 2.49. The Bertz CT molecular complexity index is 297. The molecule has 104 valence electrons. The molecule has 1 amide bonds. The third kappa shape index (κ3) is 3.98. The van der Waals surface area contributed by atoms with Crippen LogP contribution in [0.3, 0.4) is 0 Å². The highest BCUT2D eigenvalue weighted by Gasteiger charge is 2.37. The van der Waals surface area contributed by atoms with Crippen LogP contribution in [0.5, 0.6) is 0 Å². The van der Waals surface area contributed by atoms with Crippen LogP contribution < -0.4 is 5.32 Å². The third-order valence-corrected chi connectivity index (χ3v) is 3.70. The lowest BCUT2D eigenvalue weighted by molar-refractivity contribution is -0.143. The van der Waals surface area contributed by atoms with Crippen molar-refractivity contribution in [2.75, 3.05) is 13.7 Å². The second-order valence-corrected chi connectivity index (χ2v) is 5.27. The molecule has 0 bridgehead atoms. The summed E-state index contributed by atoms with van der Waals surface area (Å²) in [5, 5.41) is 11.8. The van der Waals surface area contributed by atoms with E-state index in [0.29, 0.717) is 19.4 Å². The largest absolute Gasteiger partial charge is 0.480 e. The fraction of sp³-hybridized carbons (Fsp3) is 0.846. The Morgan fingerprint density at radius 1 is 1.39 bits per heavy atom. The van der Waals surface area contributed by atoms with Crippen LogP contribution in [0.4, 0.5) is 0 Å². The Hall–Kier alpha value is -1.10. The Labute approximate surface area is 108 Å². The predicted octanol–water partition coefficient (Wildman–Crippen LogP) is 1.56. The van der Waals surface area contributed by atoms with Gasteiger partial charge in [-0.05, 0) is 25.7 Å². The van der Waals surface area contributed by atoms with Crippen molar-refractivity contribution < 1.29 is 19.4 Å². The van der Waals surface area contributed by atoms with Crippen LogP contribution in [0.15, 0.2) is 0 Å². The number of carboxylic acid groups (broad SMARTS) is 1.